The summed E-state index contributed by atoms with van der Waals surface area (Å²) in [5, 5.41) is 4.63. The summed E-state index contributed by atoms with van der Waals surface area (Å²) in [5.41, 5.74) is 0. The fourth-order valence-corrected chi connectivity index (χ4v) is 2.69. The Hall–Kier alpha value is -0.0400. The highest BCUT2D eigenvalue weighted by Gasteiger charge is 2.21. The molecule has 69 valence electrons. The third-order valence-electron chi connectivity index (χ3n) is 3.41. The smallest absolute Gasteiger partial charge is 0.0249 e. The molecule has 1 heterocycles. The van der Waals surface area contributed by atoms with Crippen molar-refractivity contribution in [2.45, 2.75) is 57.4 Å². The van der Waals surface area contributed by atoms with E-state index in [0.717, 1.165) is 18.5 Å². The van der Waals surface area contributed by atoms with Crippen molar-refractivity contribution in [3.63, 3.8) is 0 Å². The predicted molar refractivity (Wildman–Crippen MR) is 51.2 cm³/mol. The second-order valence-corrected chi connectivity index (χ2v) is 4.44. The number of hydrogen-bond donors (Lipinski definition) is 0. The lowest BCUT2D eigenvalue weighted by Crippen LogP contribution is -2.20. The fourth-order valence-electron chi connectivity index (χ4n) is 2.69. The molecule has 1 radical (unpaired) electrons. The molecule has 1 atom stereocenters. The van der Waals surface area contributed by atoms with Crippen LogP contribution in [0.2, 0.25) is 0 Å². The maximum absolute atomic E-state index is 4.63. The van der Waals surface area contributed by atoms with Crippen molar-refractivity contribution in [3.8, 4) is 0 Å². The lowest BCUT2D eigenvalue weighted by Gasteiger charge is -2.23. The van der Waals surface area contributed by atoms with Gasteiger partial charge in [0.05, 0.1) is 0 Å². The van der Waals surface area contributed by atoms with Crippen LogP contribution in [0.4, 0.5) is 0 Å². The molecule has 1 nitrogen and oxygen atoms in total. The van der Waals surface area contributed by atoms with Crippen molar-refractivity contribution in [3.05, 3.63) is 0 Å². The molecule has 2 rings (SSSR count). The van der Waals surface area contributed by atoms with E-state index < -0.39 is 0 Å². The van der Waals surface area contributed by atoms with Gasteiger partial charge in [-0.1, -0.05) is 32.1 Å². The van der Waals surface area contributed by atoms with Crippen LogP contribution in [0.1, 0.15) is 51.4 Å². The van der Waals surface area contributed by atoms with E-state index in [4.69, 9.17) is 0 Å². The zero-order valence-electron chi connectivity index (χ0n) is 7.97. The minimum atomic E-state index is 0.757. The van der Waals surface area contributed by atoms with Crippen LogP contribution in [0.25, 0.3) is 0 Å². The highest BCUT2D eigenvalue weighted by molar-refractivity contribution is 4.78. The summed E-state index contributed by atoms with van der Waals surface area (Å²) in [7, 11) is 0. The Labute approximate surface area is 75.9 Å². The Morgan fingerprint density at radius 1 is 0.917 bits per heavy atom. The van der Waals surface area contributed by atoms with Gasteiger partial charge < -0.3 is 0 Å². The van der Waals surface area contributed by atoms with Crippen molar-refractivity contribution in [2.75, 3.05) is 6.54 Å². The highest BCUT2D eigenvalue weighted by Crippen LogP contribution is 2.29. The van der Waals surface area contributed by atoms with Gasteiger partial charge in [-0.15, -0.1) is 0 Å². The van der Waals surface area contributed by atoms with Crippen LogP contribution in [0.15, 0.2) is 0 Å². The second-order valence-electron chi connectivity index (χ2n) is 4.44. The van der Waals surface area contributed by atoms with E-state index >= 15 is 0 Å². The van der Waals surface area contributed by atoms with Gasteiger partial charge in [0.15, 0.2) is 0 Å². The highest BCUT2D eigenvalue weighted by atomic mass is 14.9. The Bertz CT molecular complexity index is 121. The Kier molecular flexibility index (Phi) is 3.04. The van der Waals surface area contributed by atoms with Gasteiger partial charge in [0.2, 0.25) is 0 Å². The fraction of sp³-hybridized carbons (Fsp3) is 1.00. The van der Waals surface area contributed by atoms with Gasteiger partial charge >= 0.3 is 0 Å². The third-order valence-corrected chi connectivity index (χ3v) is 3.41. The first-order chi connectivity index (χ1) is 5.95. The molecule has 1 saturated heterocycles. The van der Waals surface area contributed by atoms with Crippen molar-refractivity contribution in [1.82, 2.24) is 5.32 Å². The molecule has 0 aromatic heterocycles. The Morgan fingerprint density at radius 3 is 2.42 bits per heavy atom. The lowest BCUT2D eigenvalue weighted by atomic mass is 9.84. The molecule has 1 saturated carbocycles. The summed E-state index contributed by atoms with van der Waals surface area (Å²) in [6.07, 6.45) is 11.6. The first-order valence-electron chi connectivity index (χ1n) is 5.62. The monoisotopic (exact) mass is 166 g/mol. The third kappa shape index (κ3) is 2.22. The van der Waals surface area contributed by atoms with Gasteiger partial charge in [0.1, 0.15) is 0 Å². The van der Waals surface area contributed by atoms with E-state index in [1.165, 1.54) is 51.4 Å². The molecule has 1 aliphatic carbocycles. The molecule has 0 N–H and O–H groups in total. The summed E-state index contributed by atoms with van der Waals surface area (Å²) >= 11 is 0. The molecule has 2 fully saturated rings. The molecule has 1 heteroatoms. The van der Waals surface area contributed by atoms with Gasteiger partial charge in [-0.3, -0.25) is 0 Å². The molecular weight excluding hydrogens is 146 g/mol. The predicted octanol–water partition coefficient (Wildman–Crippen LogP) is 2.72. The zero-order chi connectivity index (χ0) is 8.23. The van der Waals surface area contributed by atoms with E-state index in [1.807, 2.05) is 0 Å². The van der Waals surface area contributed by atoms with E-state index in [2.05, 4.69) is 5.32 Å². The van der Waals surface area contributed by atoms with E-state index in [0.29, 0.717) is 0 Å². The van der Waals surface area contributed by atoms with Crippen LogP contribution in [0.3, 0.4) is 0 Å². The van der Waals surface area contributed by atoms with Crippen LogP contribution in [0, 0.1) is 5.92 Å². The van der Waals surface area contributed by atoms with E-state index in [-0.39, 0.29) is 0 Å². The van der Waals surface area contributed by atoms with Gasteiger partial charge in [-0.05, 0) is 25.2 Å². The Balaban J connectivity index is 1.69. The molecule has 12 heavy (non-hydrogen) atoms. The minimum Gasteiger partial charge on any atom is -0.238 e. The summed E-state index contributed by atoms with van der Waals surface area (Å²) in [6, 6.07) is 0.757. The topological polar surface area (TPSA) is 14.1 Å². The molecule has 1 unspecified atom stereocenters. The van der Waals surface area contributed by atoms with Crippen LogP contribution in [-0.2, 0) is 0 Å². The summed E-state index contributed by atoms with van der Waals surface area (Å²) < 4.78 is 0. The first kappa shape index (κ1) is 8.55. The molecule has 0 spiro atoms. The molecule has 0 bridgehead atoms. The number of rotatable bonds is 2. The second kappa shape index (κ2) is 4.27. The van der Waals surface area contributed by atoms with Gasteiger partial charge in [0, 0.05) is 12.6 Å². The van der Waals surface area contributed by atoms with Crippen LogP contribution in [-0.4, -0.2) is 12.6 Å². The first-order valence-corrected chi connectivity index (χ1v) is 5.62. The zero-order valence-corrected chi connectivity index (χ0v) is 7.97. The SMILES string of the molecule is C1CCC(CC2CCC[N]2)CC1. The standard InChI is InChI=1S/C11H20N/c1-2-5-10(6-3-1)9-11-7-4-8-12-11/h10-11H,1-9H2. The Morgan fingerprint density at radius 2 is 1.75 bits per heavy atom. The maximum atomic E-state index is 4.63. The molecule has 2 aliphatic rings. The molecule has 1 aliphatic heterocycles. The van der Waals surface area contributed by atoms with Crippen molar-refractivity contribution in [1.29, 1.82) is 0 Å². The van der Waals surface area contributed by atoms with Crippen molar-refractivity contribution < 1.29 is 0 Å². The van der Waals surface area contributed by atoms with Gasteiger partial charge in [-0.25, -0.2) is 5.32 Å². The van der Waals surface area contributed by atoms with E-state index in [9.17, 15) is 0 Å². The van der Waals surface area contributed by atoms with E-state index in [1.54, 1.807) is 0 Å². The molecule has 0 aromatic carbocycles. The van der Waals surface area contributed by atoms with Crippen molar-refractivity contribution >= 4 is 0 Å². The average molecular weight is 166 g/mol. The minimum absolute atomic E-state index is 0.757. The summed E-state index contributed by atoms with van der Waals surface area (Å²) in [6.45, 7) is 1.15. The molecule has 0 amide bonds. The van der Waals surface area contributed by atoms with Gasteiger partial charge in [-0.2, -0.15) is 0 Å². The normalized spacial score (nSPS) is 32.5. The van der Waals surface area contributed by atoms with Gasteiger partial charge in [0.25, 0.3) is 0 Å². The summed E-state index contributed by atoms with van der Waals surface area (Å²) in [5.74, 6) is 1.03. The van der Waals surface area contributed by atoms with Crippen LogP contribution >= 0.6 is 0 Å². The lowest BCUT2D eigenvalue weighted by molar-refractivity contribution is 0.307. The average Bonchev–Trinajstić information content (AvgIpc) is 2.59. The quantitative estimate of drug-likeness (QED) is 0.599. The summed E-state index contributed by atoms with van der Waals surface area (Å²) in [4.78, 5) is 0. The van der Waals surface area contributed by atoms with Crippen molar-refractivity contribution in [2.24, 2.45) is 5.92 Å². The molecule has 0 aromatic rings. The molecular formula is C11H20N. The number of nitrogens with zero attached hydrogens (tertiary/aromatic N) is 1. The maximum Gasteiger partial charge on any atom is 0.0249 e. The van der Waals surface area contributed by atoms with Crippen LogP contribution < -0.4 is 5.32 Å². The van der Waals surface area contributed by atoms with Crippen LogP contribution in [0.5, 0.6) is 0 Å². The largest absolute Gasteiger partial charge is 0.238 e. The number of hydrogen-bond acceptors (Lipinski definition) is 0.